The predicted octanol–water partition coefficient (Wildman–Crippen LogP) is 4.19. The molecule has 0 aliphatic carbocycles. The largest absolute Gasteiger partial charge is 0.492 e. The van der Waals surface area contributed by atoms with Crippen LogP contribution in [0.2, 0.25) is 5.02 Å². The normalized spacial score (nSPS) is 10.2. The maximum atomic E-state index is 5.97. The molecule has 0 fully saturated rings. The summed E-state index contributed by atoms with van der Waals surface area (Å²) in [4.78, 5) is 0. The lowest BCUT2D eigenvalue weighted by molar-refractivity contribution is 0.310. The molecule has 0 spiro atoms. The van der Waals surface area contributed by atoms with Gasteiger partial charge in [-0.25, -0.2) is 0 Å². The first kappa shape index (κ1) is 12.2. The summed E-state index contributed by atoms with van der Waals surface area (Å²) < 4.78 is 6.47. The fraction of sp³-hybridized carbons (Fsp3) is 0.400. The van der Waals surface area contributed by atoms with Crippen molar-refractivity contribution in [3.63, 3.8) is 0 Å². The maximum Gasteiger partial charge on any atom is 0.137 e. The molecule has 0 aliphatic heterocycles. The second kappa shape index (κ2) is 6.59. The highest BCUT2D eigenvalue weighted by Gasteiger charge is 2.01. The van der Waals surface area contributed by atoms with E-state index in [0.717, 1.165) is 28.8 Å². The standard InChI is InChI=1S/C10H12BrClOS/c11-8-3-4-10(9(12)7-8)13-5-1-2-6-14/h3-4,7,14H,1-2,5-6H2. The van der Waals surface area contributed by atoms with Crippen LogP contribution >= 0.6 is 40.2 Å². The molecular weight excluding hydrogens is 284 g/mol. The van der Waals surface area contributed by atoms with E-state index >= 15 is 0 Å². The zero-order valence-corrected chi connectivity index (χ0v) is 10.9. The lowest BCUT2D eigenvalue weighted by Crippen LogP contribution is -1.97. The fourth-order valence-corrected chi connectivity index (χ4v) is 1.94. The predicted molar refractivity (Wildman–Crippen MR) is 67.7 cm³/mol. The Bertz CT molecular complexity index is 293. The van der Waals surface area contributed by atoms with Crippen molar-refractivity contribution in [1.82, 2.24) is 0 Å². The number of hydrogen-bond acceptors (Lipinski definition) is 2. The number of hydrogen-bond donors (Lipinski definition) is 1. The Morgan fingerprint density at radius 2 is 2.14 bits per heavy atom. The molecule has 1 nitrogen and oxygen atoms in total. The van der Waals surface area contributed by atoms with Crippen molar-refractivity contribution in [3.05, 3.63) is 27.7 Å². The molecule has 1 aromatic carbocycles. The minimum Gasteiger partial charge on any atom is -0.492 e. The highest BCUT2D eigenvalue weighted by Crippen LogP contribution is 2.27. The summed E-state index contributed by atoms with van der Waals surface area (Å²) in [5, 5.41) is 0.644. The highest BCUT2D eigenvalue weighted by atomic mass is 79.9. The van der Waals surface area contributed by atoms with Gasteiger partial charge in [-0.05, 0) is 36.8 Å². The molecule has 1 aromatic rings. The van der Waals surface area contributed by atoms with Gasteiger partial charge in [0.1, 0.15) is 5.75 Å². The third-order valence-corrected chi connectivity index (χ3v) is 2.81. The number of benzene rings is 1. The SMILES string of the molecule is SCCCCOc1ccc(Br)cc1Cl. The van der Waals surface area contributed by atoms with Crippen LogP contribution in [0.3, 0.4) is 0 Å². The highest BCUT2D eigenvalue weighted by molar-refractivity contribution is 9.10. The van der Waals surface area contributed by atoms with Crippen LogP contribution in [-0.2, 0) is 0 Å². The zero-order valence-electron chi connectivity index (χ0n) is 7.67. The Balaban J connectivity index is 2.42. The molecule has 0 amide bonds. The number of thiol groups is 1. The Labute approximate surface area is 103 Å². The summed E-state index contributed by atoms with van der Waals surface area (Å²) in [6.45, 7) is 0.696. The number of unbranched alkanes of at least 4 members (excludes halogenated alkanes) is 1. The fourth-order valence-electron chi connectivity index (χ4n) is 0.988. The average molecular weight is 296 g/mol. The molecule has 4 heteroatoms. The van der Waals surface area contributed by atoms with Crippen molar-refractivity contribution in [2.45, 2.75) is 12.8 Å². The lowest BCUT2D eigenvalue weighted by atomic mass is 10.3. The molecule has 0 radical (unpaired) electrons. The molecular formula is C10H12BrClOS. The summed E-state index contributed by atoms with van der Waals surface area (Å²) in [5.41, 5.74) is 0. The van der Waals surface area contributed by atoms with E-state index in [1.165, 1.54) is 0 Å². The van der Waals surface area contributed by atoms with E-state index in [1.807, 2.05) is 18.2 Å². The first-order valence-electron chi connectivity index (χ1n) is 4.43. The van der Waals surface area contributed by atoms with Crippen LogP contribution < -0.4 is 4.74 Å². The Morgan fingerprint density at radius 1 is 1.36 bits per heavy atom. The van der Waals surface area contributed by atoms with E-state index in [4.69, 9.17) is 16.3 Å². The first-order valence-corrected chi connectivity index (χ1v) is 6.23. The van der Waals surface area contributed by atoms with Crippen molar-refractivity contribution in [2.75, 3.05) is 12.4 Å². The average Bonchev–Trinajstić information content (AvgIpc) is 2.15. The molecule has 0 heterocycles. The van der Waals surface area contributed by atoms with Gasteiger partial charge < -0.3 is 4.74 Å². The zero-order chi connectivity index (χ0) is 10.4. The van der Waals surface area contributed by atoms with Crippen LogP contribution in [0.1, 0.15) is 12.8 Å². The van der Waals surface area contributed by atoms with Crippen LogP contribution in [0.15, 0.2) is 22.7 Å². The maximum absolute atomic E-state index is 5.97. The van der Waals surface area contributed by atoms with Crippen molar-refractivity contribution in [1.29, 1.82) is 0 Å². The lowest BCUT2D eigenvalue weighted by Gasteiger charge is -2.07. The Hall–Kier alpha value is 0.140. The second-order valence-electron chi connectivity index (χ2n) is 2.85. The number of rotatable bonds is 5. The van der Waals surface area contributed by atoms with Gasteiger partial charge in [-0.1, -0.05) is 27.5 Å². The van der Waals surface area contributed by atoms with Gasteiger partial charge in [0.2, 0.25) is 0 Å². The van der Waals surface area contributed by atoms with Crippen molar-refractivity contribution in [3.8, 4) is 5.75 Å². The third kappa shape index (κ3) is 4.11. The second-order valence-corrected chi connectivity index (χ2v) is 4.62. The van der Waals surface area contributed by atoms with E-state index in [1.54, 1.807) is 0 Å². The molecule has 1 rings (SSSR count). The van der Waals surface area contributed by atoms with Crippen molar-refractivity contribution < 1.29 is 4.74 Å². The van der Waals surface area contributed by atoms with Gasteiger partial charge in [0.25, 0.3) is 0 Å². The van der Waals surface area contributed by atoms with Gasteiger partial charge in [0, 0.05) is 4.47 Å². The van der Waals surface area contributed by atoms with Gasteiger partial charge in [0.15, 0.2) is 0 Å². The van der Waals surface area contributed by atoms with Gasteiger partial charge in [0.05, 0.1) is 11.6 Å². The van der Waals surface area contributed by atoms with Crippen LogP contribution in [-0.4, -0.2) is 12.4 Å². The Kier molecular flexibility index (Phi) is 5.75. The molecule has 14 heavy (non-hydrogen) atoms. The van der Waals surface area contributed by atoms with Crippen LogP contribution in [0.4, 0.5) is 0 Å². The van der Waals surface area contributed by atoms with Crippen molar-refractivity contribution >= 4 is 40.2 Å². The van der Waals surface area contributed by atoms with E-state index in [9.17, 15) is 0 Å². The smallest absolute Gasteiger partial charge is 0.137 e. The molecule has 0 saturated heterocycles. The van der Waals surface area contributed by atoms with E-state index < -0.39 is 0 Å². The minimum atomic E-state index is 0.644. The molecule has 0 bridgehead atoms. The van der Waals surface area contributed by atoms with Gasteiger partial charge >= 0.3 is 0 Å². The summed E-state index contributed by atoms with van der Waals surface area (Å²) in [6.07, 6.45) is 2.08. The molecule has 78 valence electrons. The van der Waals surface area contributed by atoms with Gasteiger partial charge in [-0.2, -0.15) is 12.6 Å². The summed E-state index contributed by atoms with van der Waals surface area (Å²) in [6, 6.07) is 5.61. The Morgan fingerprint density at radius 3 is 2.79 bits per heavy atom. The molecule has 0 saturated carbocycles. The monoisotopic (exact) mass is 294 g/mol. The molecule has 0 unspecified atom stereocenters. The van der Waals surface area contributed by atoms with Gasteiger partial charge in [-0.3, -0.25) is 0 Å². The summed E-state index contributed by atoms with van der Waals surface area (Å²) >= 11 is 13.4. The van der Waals surface area contributed by atoms with Gasteiger partial charge in [-0.15, -0.1) is 0 Å². The van der Waals surface area contributed by atoms with Crippen LogP contribution in [0, 0.1) is 0 Å². The number of halogens is 2. The first-order chi connectivity index (χ1) is 6.74. The van der Waals surface area contributed by atoms with E-state index in [0.29, 0.717) is 11.6 Å². The molecule has 0 atom stereocenters. The molecule has 0 N–H and O–H groups in total. The van der Waals surface area contributed by atoms with E-state index in [-0.39, 0.29) is 0 Å². The van der Waals surface area contributed by atoms with Crippen molar-refractivity contribution in [2.24, 2.45) is 0 Å². The quantitative estimate of drug-likeness (QED) is 0.633. The van der Waals surface area contributed by atoms with Crippen LogP contribution in [0.25, 0.3) is 0 Å². The third-order valence-electron chi connectivity index (χ3n) is 1.70. The molecule has 0 aliphatic rings. The number of ether oxygens (including phenoxy) is 1. The topological polar surface area (TPSA) is 9.23 Å². The summed E-state index contributed by atoms with van der Waals surface area (Å²) in [7, 11) is 0. The summed E-state index contributed by atoms with van der Waals surface area (Å²) in [5.74, 6) is 1.64. The minimum absolute atomic E-state index is 0.644. The van der Waals surface area contributed by atoms with Crippen LogP contribution in [0.5, 0.6) is 5.75 Å². The van der Waals surface area contributed by atoms with E-state index in [2.05, 4.69) is 28.6 Å². The molecule has 0 aromatic heterocycles.